The molecule has 2 heterocycles. The van der Waals surface area contributed by atoms with Crippen molar-refractivity contribution < 1.29 is 0 Å². The van der Waals surface area contributed by atoms with Gasteiger partial charge in [-0.2, -0.15) is 11.3 Å². The van der Waals surface area contributed by atoms with Crippen LogP contribution in [-0.2, 0) is 0 Å². The predicted octanol–water partition coefficient (Wildman–Crippen LogP) is 2.55. The summed E-state index contributed by atoms with van der Waals surface area (Å²) in [5, 5.41) is 4.40. The van der Waals surface area contributed by atoms with E-state index in [4.69, 9.17) is 5.73 Å². The van der Waals surface area contributed by atoms with Crippen LogP contribution in [0.25, 0.3) is 0 Å². The van der Waals surface area contributed by atoms with Gasteiger partial charge in [0.2, 0.25) is 0 Å². The predicted molar refractivity (Wildman–Crippen MR) is 83.6 cm³/mol. The maximum atomic E-state index is 6.23. The highest BCUT2D eigenvalue weighted by molar-refractivity contribution is 7.07. The Labute approximate surface area is 121 Å². The Morgan fingerprint density at radius 2 is 1.84 bits per heavy atom. The summed E-state index contributed by atoms with van der Waals surface area (Å²) < 4.78 is 0. The minimum atomic E-state index is 0.185. The largest absolute Gasteiger partial charge is 0.326 e. The van der Waals surface area contributed by atoms with Crippen molar-refractivity contribution in [1.82, 2.24) is 9.80 Å². The fourth-order valence-electron chi connectivity index (χ4n) is 3.00. The number of thiophene rings is 1. The fraction of sp³-hybridized carbons (Fsp3) is 0.733. The minimum Gasteiger partial charge on any atom is -0.326 e. The van der Waals surface area contributed by atoms with Crippen LogP contribution in [0.3, 0.4) is 0 Å². The van der Waals surface area contributed by atoms with Gasteiger partial charge in [0.25, 0.3) is 0 Å². The standard InChI is InChI=1S/C15H27N3S/c1-4-12(2)17-6-8-18(9-7-17)15(13(3)16)14-5-10-19-11-14/h5,10-13,15H,4,6-9,16H2,1-3H3. The van der Waals surface area contributed by atoms with Crippen molar-refractivity contribution in [3.8, 4) is 0 Å². The Morgan fingerprint density at radius 1 is 1.21 bits per heavy atom. The molecular weight excluding hydrogens is 254 g/mol. The minimum absolute atomic E-state index is 0.185. The Balaban J connectivity index is 1.98. The molecule has 2 N–H and O–H groups in total. The van der Waals surface area contributed by atoms with Gasteiger partial charge in [-0.25, -0.2) is 0 Å². The average Bonchev–Trinajstić information content (AvgIpc) is 2.92. The third-order valence-electron chi connectivity index (χ3n) is 4.34. The first-order valence-corrected chi connectivity index (χ1v) is 8.33. The number of nitrogens with zero attached hydrogens (tertiary/aromatic N) is 2. The third kappa shape index (κ3) is 3.57. The van der Waals surface area contributed by atoms with Crippen LogP contribution in [0.2, 0.25) is 0 Å². The van der Waals surface area contributed by atoms with Crippen molar-refractivity contribution in [2.45, 2.75) is 45.3 Å². The van der Waals surface area contributed by atoms with E-state index in [-0.39, 0.29) is 6.04 Å². The van der Waals surface area contributed by atoms with E-state index in [1.54, 1.807) is 11.3 Å². The van der Waals surface area contributed by atoms with Gasteiger partial charge < -0.3 is 5.73 Å². The van der Waals surface area contributed by atoms with Gasteiger partial charge in [0.05, 0.1) is 6.04 Å². The zero-order valence-electron chi connectivity index (χ0n) is 12.4. The van der Waals surface area contributed by atoms with Crippen molar-refractivity contribution in [1.29, 1.82) is 0 Å². The molecule has 3 atom stereocenters. The van der Waals surface area contributed by atoms with E-state index < -0.39 is 0 Å². The topological polar surface area (TPSA) is 32.5 Å². The van der Waals surface area contributed by atoms with E-state index in [2.05, 4.69) is 47.4 Å². The van der Waals surface area contributed by atoms with Gasteiger partial charge in [-0.1, -0.05) is 6.92 Å². The maximum absolute atomic E-state index is 6.23. The molecule has 0 aromatic carbocycles. The van der Waals surface area contributed by atoms with Crippen LogP contribution in [0, 0.1) is 0 Å². The fourth-order valence-corrected chi connectivity index (χ4v) is 3.69. The van der Waals surface area contributed by atoms with Crippen LogP contribution < -0.4 is 5.73 Å². The van der Waals surface area contributed by atoms with Gasteiger partial charge >= 0.3 is 0 Å². The first-order chi connectivity index (χ1) is 9.13. The second kappa shape index (κ2) is 6.84. The molecule has 0 saturated carbocycles. The number of hydrogen-bond donors (Lipinski definition) is 1. The van der Waals surface area contributed by atoms with Gasteiger partial charge in [0.15, 0.2) is 0 Å². The van der Waals surface area contributed by atoms with Crippen LogP contribution in [-0.4, -0.2) is 48.1 Å². The van der Waals surface area contributed by atoms with E-state index in [9.17, 15) is 0 Å². The molecule has 0 radical (unpaired) electrons. The lowest BCUT2D eigenvalue weighted by atomic mass is 10.0. The van der Waals surface area contributed by atoms with Gasteiger partial charge in [0.1, 0.15) is 0 Å². The molecule has 1 aromatic heterocycles. The van der Waals surface area contributed by atoms with E-state index in [0.717, 1.165) is 13.1 Å². The van der Waals surface area contributed by atoms with E-state index in [1.807, 2.05) is 0 Å². The molecule has 0 amide bonds. The van der Waals surface area contributed by atoms with E-state index >= 15 is 0 Å². The molecule has 0 bridgehead atoms. The Kier molecular flexibility index (Phi) is 5.39. The molecule has 3 nitrogen and oxygen atoms in total. The zero-order chi connectivity index (χ0) is 13.8. The molecule has 1 saturated heterocycles. The van der Waals surface area contributed by atoms with E-state index in [1.165, 1.54) is 25.1 Å². The highest BCUT2D eigenvalue weighted by Crippen LogP contribution is 2.27. The Morgan fingerprint density at radius 3 is 2.32 bits per heavy atom. The van der Waals surface area contributed by atoms with Crippen LogP contribution in [0.1, 0.15) is 38.8 Å². The smallest absolute Gasteiger partial charge is 0.0505 e. The summed E-state index contributed by atoms with van der Waals surface area (Å²) in [5.41, 5.74) is 7.61. The van der Waals surface area contributed by atoms with Crippen molar-refractivity contribution in [2.24, 2.45) is 5.73 Å². The molecule has 0 aliphatic carbocycles. The van der Waals surface area contributed by atoms with Crippen molar-refractivity contribution in [3.63, 3.8) is 0 Å². The van der Waals surface area contributed by atoms with Crippen LogP contribution in [0.5, 0.6) is 0 Å². The van der Waals surface area contributed by atoms with Gasteiger partial charge in [-0.3, -0.25) is 9.80 Å². The zero-order valence-corrected chi connectivity index (χ0v) is 13.2. The lowest BCUT2D eigenvalue weighted by molar-refractivity contribution is 0.0654. The molecule has 3 unspecified atom stereocenters. The summed E-state index contributed by atoms with van der Waals surface area (Å²) in [6.07, 6.45) is 1.24. The molecule has 1 fully saturated rings. The molecule has 4 heteroatoms. The van der Waals surface area contributed by atoms with Gasteiger partial charge in [-0.15, -0.1) is 0 Å². The summed E-state index contributed by atoms with van der Waals surface area (Å²) in [4.78, 5) is 5.16. The second-order valence-corrected chi connectivity index (χ2v) is 6.47. The molecule has 1 aliphatic heterocycles. The lowest BCUT2D eigenvalue weighted by Crippen LogP contribution is -2.52. The van der Waals surface area contributed by atoms with Crippen molar-refractivity contribution >= 4 is 11.3 Å². The molecular formula is C15H27N3S. The second-order valence-electron chi connectivity index (χ2n) is 5.69. The molecule has 19 heavy (non-hydrogen) atoms. The average molecular weight is 281 g/mol. The number of rotatable bonds is 5. The molecule has 1 aliphatic rings. The van der Waals surface area contributed by atoms with Crippen molar-refractivity contribution in [3.05, 3.63) is 22.4 Å². The highest BCUT2D eigenvalue weighted by atomic mass is 32.1. The first-order valence-electron chi connectivity index (χ1n) is 7.39. The quantitative estimate of drug-likeness (QED) is 0.900. The summed E-state index contributed by atoms with van der Waals surface area (Å²) in [7, 11) is 0. The molecule has 2 rings (SSSR count). The van der Waals surface area contributed by atoms with Crippen molar-refractivity contribution in [2.75, 3.05) is 26.2 Å². The monoisotopic (exact) mass is 281 g/mol. The number of nitrogens with two attached hydrogens (primary N) is 1. The maximum Gasteiger partial charge on any atom is 0.0505 e. The normalized spacial score (nSPS) is 23.2. The third-order valence-corrected chi connectivity index (χ3v) is 5.04. The summed E-state index contributed by atoms with van der Waals surface area (Å²) in [5.74, 6) is 0. The summed E-state index contributed by atoms with van der Waals surface area (Å²) >= 11 is 1.77. The summed E-state index contributed by atoms with van der Waals surface area (Å²) in [6, 6.07) is 3.49. The number of hydrogen-bond acceptors (Lipinski definition) is 4. The Hall–Kier alpha value is -0.420. The first kappa shape index (κ1) is 15.0. The molecule has 0 spiro atoms. The van der Waals surface area contributed by atoms with Gasteiger partial charge in [-0.05, 0) is 42.7 Å². The van der Waals surface area contributed by atoms with Crippen LogP contribution in [0.4, 0.5) is 0 Å². The highest BCUT2D eigenvalue weighted by Gasteiger charge is 2.28. The van der Waals surface area contributed by atoms with E-state index in [0.29, 0.717) is 12.1 Å². The van der Waals surface area contributed by atoms with Gasteiger partial charge in [0, 0.05) is 38.3 Å². The van der Waals surface area contributed by atoms with Crippen LogP contribution in [0.15, 0.2) is 16.8 Å². The lowest BCUT2D eigenvalue weighted by Gasteiger charge is -2.42. The summed E-state index contributed by atoms with van der Waals surface area (Å²) in [6.45, 7) is 11.3. The number of piperazine rings is 1. The molecule has 1 aromatic rings. The SMILES string of the molecule is CCC(C)N1CCN(C(c2ccsc2)C(C)N)CC1. The van der Waals surface area contributed by atoms with Crippen LogP contribution >= 0.6 is 11.3 Å². The molecule has 108 valence electrons. The Bertz CT molecular complexity index is 355.